The maximum atomic E-state index is 11.9. The third kappa shape index (κ3) is 10.5. The second-order valence-corrected chi connectivity index (χ2v) is 6.77. The molecule has 0 spiro atoms. The van der Waals surface area contributed by atoms with Crippen LogP contribution in [0.15, 0.2) is 24.3 Å². The van der Waals surface area contributed by atoms with Crippen LogP contribution in [0.1, 0.15) is 37.8 Å². The first-order valence-electron chi connectivity index (χ1n) is 9.12. The maximum Gasteiger partial charge on any atom is 0.220 e. The molecule has 1 atom stereocenters. The first kappa shape index (κ1) is 28.6. The van der Waals surface area contributed by atoms with Crippen LogP contribution in [0.3, 0.4) is 0 Å². The van der Waals surface area contributed by atoms with Gasteiger partial charge in [-0.25, -0.2) is 0 Å². The summed E-state index contributed by atoms with van der Waals surface area (Å²) in [6.45, 7) is 11.4. The van der Waals surface area contributed by atoms with E-state index >= 15 is 0 Å². The highest BCUT2D eigenvalue weighted by Crippen LogP contribution is 2.13. The van der Waals surface area contributed by atoms with Crippen molar-refractivity contribution in [2.45, 2.75) is 45.8 Å². The number of nitrogens with two attached hydrogens (primary N) is 1. The van der Waals surface area contributed by atoms with Gasteiger partial charge in [-0.15, -0.1) is 37.2 Å². The molecule has 1 amide bonds. The van der Waals surface area contributed by atoms with Crippen LogP contribution in [0.2, 0.25) is 0 Å². The van der Waals surface area contributed by atoms with Crippen LogP contribution < -0.4 is 11.1 Å². The monoisotopic (exact) mass is 440 g/mol. The van der Waals surface area contributed by atoms with Gasteiger partial charge in [0.05, 0.1) is 0 Å². The SMILES string of the molecule is CCN1CCN(Cc2ccccc2CNC(=O)CCC(C)N)CC1.Cl.Cl.Cl. The second-order valence-electron chi connectivity index (χ2n) is 6.77. The average Bonchev–Trinajstić information content (AvgIpc) is 2.60. The van der Waals surface area contributed by atoms with E-state index in [2.05, 4.69) is 40.2 Å². The first-order valence-corrected chi connectivity index (χ1v) is 9.12. The Morgan fingerprint density at radius 3 is 2.19 bits per heavy atom. The van der Waals surface area contributed by atoms with Gasteiger partial charge in [-0.3, -0.25) is 9.69 Å². The zero-order chi connectivity index (χ0) is 17.4. The summed E-state index contributed by atoms with van der Waals surface area (Å²) >= 11 is 0. The Morgan fingerprint density at radius 2 is 1.63 bits per heavy atom. The topological polar surface area (TPSA) is 61.6 Å². The van der Waals surface area contributed by atoms with Gasteiger partial charge in [-0.1, -0.05) is 31.2 Å². The minimum absolute atomic E-state index is 0. The average molecular weight is 442 g/mol. The van der Waals surface area contributed by atoms with E-state index in [4.69, 9.17) is 5.73 Å². The minimum Gasteiger partial charge on any atom is -0.352 e. The maximum absolute atomic E-state index is 11.9. The second kappa shape index (κ2) is 15.4. The van der Waals surface area contributed by atoms with Crippen molar-refractivity contribution in [3.8, 4) is 0 Å². The molecule has 0 aliphatic carbocycles. The molecule has 1 fully saturated rings. The molecule has 1 heterocycles. The van der Waals surface area contributed by atoms with Gasteiger partial charge < -0.3 is 16.0 Å². The summed E-state index contributed by atoms with van der Waals surface area (Å²) < 4.78 is 0. The molecule has 0 radical (unpaired) electrons. The Morgan fingerprint density at radius 1 is 1.07 bits per heavy atom. The van der Waals surface area contributed by atoms with Crippen molar-refractivity contribution < 1.29 is 4.79 Å². The number of likely N-dealkylation sites (N-methyl/N-ethyl adjacent to an activating group) is 1. The van der Waals surface area contributed by atoms with Gasteiger partial charge in [0.25, 0.3) is 0 Å². The molecular formula is C19H35Cl3N4O. The van der Waals surface area contributed by atoms with E-state index in [1.165, 1.54) is 11.1 Å². The molecule has 158 valence electrons. The molecule has 27 heavy (non-hydrogen) atoms. The zero-order valence-electron chi connectivity index (χ0n) is 16.4. The molecule has 1 aliphatic rings. The number of nitrogens with one attached hydrogen (secondary N) is 1. The molecule has 5 nitrogen and oxygen atoms in total. The van der Waals surface area contributed by atoms with Crippen molar-refractivity contribution >= 4 is 43.1 Å². The van der Waals surface area contributed by atoms with Gasteiger partial charge in [0.1, 0.15) is 0 Å². The molecule has 1 saturated heterocycles. The van der Waals surface area contributed by atoms with E-state index in [9.17, 15) is 4.79 Å². The molecule has 8 heteroatoms. The van der Waals surface area contributed by atoms with E-state index < -0.39 is 0 Å². The molecule has 2 rings (SSSR count). The van der Waals surface area contributed by atoms with Crippen molar-refractivity contribution in [2.75, 3.05) is 32.7 Å². The van der Waals surface area contributed by atoms with Gasteiger partial charge in [0.2, 0.25) is 5.91 Å². The number of hydrogen-bond donors (Lipinski definition) is 2. The molecule has 1 aromatic carbocycles. The van der Waals surface area contributed by atoms with E-state index in [1.54, 1.807) is 0 Å². The quantitative estimate of drug-likeness (QED) is 0.651. The van der Waals surface area contributed by atoms with Gasteiger partial charge in [-0.2, -0.15) is 0 Å². The summed E-state index contributed by atoms with van der Waals surface area (Å²) in [5.41, 5.74) is 8.23. The Bertz CT molecular complexity index is 523. The number of nitrogens with zero attached hydrogens (tertiary/aromatic N) is 2. The predicted octanol–water partition coefficient (Wildman–Crippen LogP) is 2.83. The van der Waals surface area contributed by atoms with Crippen molar-refractivity contribution in [3.05, 3.63) is 35.4 Å². The lowest BCUT2D eigenvalue weighted by atomic mass is 10.1. The fraction of sp³-hybridized carbons (Fsp3) is 0.632. The third-order valence-corrected chi connectivity index (χ3v) is 4.73. The van der Waals surface area contributed by atoms with Crippen LogP contribution in [0.25, 0.3) is 0 Å². The Balaban J connectivity index is 0. The summed E-state index contributed by atoms with van der Waals surface area (Å²) in [4.78, 5) is 16.9. The Labute approximate surface area is 182 Å². The molecule has 0 aromatic heterocycles. The number of benzene rings is 1. The first-order chi connectivity index (χ1) is 11.6. The largest absolute Gasteiger partial charge is 0.352 e. The van der Waals surface area contributed by atoms with Gasteiger partial charge in [0, 0.05) is 51.7 Å². The fourth-order valence-corrected chi connectivity index (χ4v) is 3.03. The number of carbonyl (C=O) groups is 1. The summed E-state index contributed by atoms with van der Waals surface area (Å²) in [5.74, 6) is 0.0821. The van der Waals surface area contributed by atoms with Gasteiger partial charge >= 0.3 is 0 Å². The van der Waals surface area contributed by atoms with E-state index in [1.807, 2.05) is 13.0 Å². The Kier molecular flexibility index (Phi) is 16.3. The van der Waals surface area contributed by atoms with Crippen LogP contribution in [-0.4, -0.2) is 54.5 Å². The number of halogens is 3. The van der Waals surface area contributed by atoms with Crippen LogP contribution in [-0.2, 0) is 17.9 Å². The minimum atomic E-state index is 0. The molecular weight excluding hydrogens is 407 g/mol. The lowest BCUT2D eigenvalue weighted by molar-refractivity contribution is -0.121. The van der Waals surface area contributed by atoms with Crippen LogP contribution >= 0.6 is 37.2 Å². The van der Waals surface area contributed by atoms with Crippen molar-refractivity contribution in [2.24, 2.45) is 5.73 Å². The van der Waals surface area contributed by atoms with Crippen molar-refractivity contribution in [3.63, 3.8) is 0 Å². The van der Waals surface area contributed by atoms with E-state index in [0.29, 0.717) is 13.0 Å². The normalized spacial score (nSPS) is 15.7. The highest BCUT2D eigenvalue weighted by Gasteiger charge is 2.16. The smallest absolute Gasteiger partial charge is 0.220 e. The summed E-state index contributed by atoms with van der Waals surface area (Å²) in [7, 11) is 0. The van der Waals surface area contributed by atoms with Crippen molar-refractivity contribution in [1.29, 1.82) is 0 Å². The van der Waals surface area contributed by atoms with Gasteiger partial charge in [0.15, 0.2) is 0 Å². The summed E-state index contributed by atoms with van der Waals surface area (Å²) in [6.07, 6.45) is 1.23. The van der Waals surface area contributed by atoms with Crippen LogP contribution in [0, 0.1) is 0 Å². The third-order valence-electron chi connectivity index (χ3n) is 4.73. The lowest BCUT2D eigenvalue weighted by Crippen LogP contribution is -2.45. The standard InChI is InChI=1S/C19H32N4O.3ClH/c1-3-22-10-12-23(13-11-22)15-18-7-5-4-6-17(18)14-21-19(24)9-8-16(2)20;;;/h4-7,16H,3,8-15,20H2,1-2H3,(H,21,24);3*1H. The number of piperazine rings is 1. The van der Waals surface area contributed by atoms with Gasteiger partial charge in [-0.05, 0) is 31.0 Å². The molecule has 0 bridgehead atoms. The number of hydrogen-bond acceptors (Lipinski definition) is 4. The summed E-state index contributed by atoms with van der Waals surface area (Å²) in [5, 5.41) is 3.03. The van der Waals surface area contributed by atoms with E-state index in [0.717, 1.165) is 45.7 Å². The number of rotatable bonds is 8. The highest BCUT2D eigenvalue weighted by molar-refractivity contribution is 5.86. The molecule has 0 saturated carbocycles. The fourth-order valence-electron chi connectivity index (χ4n) is 3.03. The highest BCUT2D eigenvalue weighted by atomic mass is 35.5. The number of amides is 1. The van der Waals surface area contributed by atoms with Crippen LogP contribution in [0.5, 0.6) is 0 Å². The number of carbonyl (C=O) groups excluding carboxylic acids is 1. The Hall–Kier alpha value is -0.560. The van der Waals surface area contributed by atoms with E-state index in [-0.39, 0.29) is 49.2 Å². The predicted molar refractivity (Wildman–Crippen MR) is 120 cm³/mol. The molecule has 1 unspecified atom stereocenters. The van der Waals surface area contributed by atoms with Crippen molar-refractivity contribution in [1.82, 2.24) is 15.1 Å². The summed E-state index contributed by atoms with van der Waals surface area (Å²) in [6, 6.07) is 8.49. The lowest BCUT2D eigenvalue weighted by Gasteiger charge is -2.34. The zero-order valence-corrected chi connectivity index (χ0v) is 18.8. The molecule has 1 aliphatic heterocycles. The molecule has 1 aromatic rings. The van der Waals surface area contributed by atoms with Crippen LogP contribution in [0.4, 0.5) is 0 Å². The molecule has 3 N–H and O–H groups in total.